The summed E-state index contributed by atoms with van der Waals surface area (Å²) in [7, 11) is 0. The average molecular weight is 279 g/mol. The fourth-order valence-electron chi connectivity index (χ4n) is 2.57. The maximum Gasteiger partial charge on any atom is 0.231 e. The first-order valence-electron chi connectivity index (χ1n) is 7.24. The third-order valence-corrected chi connectivity index (χ3v) is 3.67. The normalized spacial score (nSPS) is 20.9. The predicted octanol–water partition coefficient (Wildman–Crippen LogP) is 1.86. The topological polar surface area (TPSA) is 62.9 Å². The van der Waals surface area contributed by atoms with E-state index in [1.54, 1.807) is 0 Å². The summed E-state index contributed by atoms with van der Waals surface area (Å²) in [6.45, 7) is 2.27. The van der Waals surface area contributed by atoms with E-state index in [9.17, 15) is 0 Å². The Morgan fingerprint density at radius 3 is 2.80 bits per heavy atom. The van der Waals surface area contributed by atoms with Gasteiger partial charge in [-0.3, -0.25) is 0 Å². The van der Waals surface area contributed by atoms with Crippen LogP contribution in [0.25, 0.3) is 0 Å². The molecular weight excluding hydrogens is 258 g/mol. The largest absolute Gasteiger partial charge is 0.490 e. The molecule has 110 valence electrons. The highest BCUT2D eigenvalue weighted by Gasteiger charge is 2.20. The van der Waals surface area contributed by atoms with Gasteiger partial charge in [0.2, 0.25) is 6.79 Å². The molecule has 1 atom stereocenters. The van der Waals surface area contributed by atoms with Crippen LogP contribution in [0.15, 0.2) is 12.1 Å². The second kappa shape index (κ2) is 6.33. The van der Waals surface area contributed by atoms with E-state index in [0.717, 1.165) is 48.7 Å². The van der Waals surface area contributed by atoms with Crippen molar-refractivity contribution >= 4 is 0 Å². The second-order valence-corrected chi connectivity index (χ2v) is 5.15. The van der Waals surface area contributed by atoms with Crippen LogP contribution in [-0.2, 0) is 11.2 Å². The second-order valence-electron chi connectivity index (χ2n) is 5.15. The molecule has 5 heteroatoms. The molecule has 2 heterocycles. The minimum atomic E-state index is 0.194. The van der Waals surface area contributed by atoms with Gasteiger partial charge in [-0.1, -0.05) is 0 Å². The lowest BCUT2D eigenvalue weighted by atomic mass is 10.1. The van der Waals surface area contributed by atoms with Gasteiger partial charge in [0.15, 0.2) is 11.5 Å². The maximum absolute atomic E-state index is 5.94. The Balaban J connectivity index is 1.70. The fourth-order valence-corrected chi connectivity index (χ4v) is 2.57. The van der Waals surface area contributed by atoms with Gasteiger partial charge >= 0.3 is 0 Å². The van der Waals surface area contributed by atoms with Gasteiger partial charge in [-0.25, -0.2) is 0 Å². The number of ether oxygens (including phenoxy) is 4. The van der Waals surface area contributed by atoms with Gasteiger partial charge in [-0.2, -0.15) is 0 Å². The van der Waals surface area contributed by atoms with E-state index >= 15 is 0 Å². The Kier molecular flexibility index (Phi) is 4.28. The molecule has 5 nitrogen and oxygen atoms in total. The summed E-state index contributed by atoms with van der Waals surface area (Å²) < 4.78 is 22.4. The van der Waals surface area contributed by atoms with Gasteiger partial charge in [-0.15, -0.1) is 0 Å². The Morgan fingerprint density at radius 1 is 1.20 bits per heavy atom. The zero-order valence-electron chi connectivity index (χ0n) is 11.6. The van der Waals surface area contributed by atoms with Gasteiger partial charge in [0.25, 0.3) is 0 Å². The first-order valence-corrected chi connectivity index (χ1v) is 7.24. The number of nitrogens with two attached hydrogens (primary N) is 1. The van der Waals surface area contributed by atoms with Gasteiger partial charge < -0.3 is 24.7 Å². The maximum atomic E-state index is 5.94. The highest BCUT2D eigenvalue weighted by Crippen LogP contribution is 2.38. The summed E-state index contributed by atoms with van der Waals surface area (Å²) in [5, 5.41) is 0. The lowest BCUT2D eigenvalue weighted by Crippen LogP contribution is -2.26. The minimum Gasteiger partial charge on any atom is -0.490 e. The SMILES string of the molecule is NCCc1cc2c(cc1OCC1CCCCO1)OCO2. The summed E-state index contributed by atoms with van der Waals surface area (Å²) in [5.41, 5.74) is 6.72. The quantitative estimate of drug-likeness (QED) is 0.891. The smallest absolute Gasteiger partial charge is 0.231 e. The molecule has 1 fully saturated rings. The van der Waals surface area contributed by atoms with Gasteiger partial charge in [0.1, 0.15) is 12.4 Å². The van der Waals surface area contributed by atoms with Crippen molar-refractivity contribution in [1.29, 1.82) is 0 Å². The standard InChI is InChI=1S/C15H21NO4/c16-5-4-11-7-14-15(20-10-19-14)8-13(11)18-9-12-3-1-2-6-17-12/h7-8,12H,1-6,9-10,16H2. The van der Waals surface area contributed by atoms with Gasteiger partial charge in [0, 0.05) is 12.7 Å². The Morgan fingerprint density at radius 2 is 2.05 bits per heavy atom. The molecule has 1 aromatic rings. The third-order valence-electron chi connectivity index (χ3n) is 3.67. The number of hydrogen-bond acceptors (Lipinski definition) is 5. The van der Waals surface area contributed by atoms with Crippen LogP contribution >= 0.6 is 0 Å². The minimum absolute atomic E-state index is 0.194. The molecule has 0 aliphatic carbocycles. The molecule has 3 rings (SSSR count). The Hall–Kier alpha value is -1.46. The van der Waals surface area contributed by atoms with E-state index < -0.39 is 0 Å². The molecule has 2 aliphatic rings. The molecule has 0 aromatic heterocycles. The molecule has 0 bridgehead atoms. The van der Waals surface area contributed by atoms with Crippen LogP contribution in [0.1, 0.15) is 24.8 Å². The zero-order chi connectivity index (χ0) is 13.8. The monoisotopic (exact) mass is 279 g/mol. The van der Waals surface area contributed by atoms with Crippen molar-refractivity contribution in [2.75, 3.05) is 26.6 Å². The third kappa shape index (κ3) is 2.99. The molecule has 1 unspecified atom stereocenters. The molecule has 2 aliphatic heterocycles. The predicted molar refractivity (Wildman–Crippen MR) is 74.4 cm³/mol. The molecule has 2 N–H and O–H groups in total. The number of rotatable bonds is 5. The Bertz CT molecular complexity index is 457. The van der Waals surface area contributed by atoms with E-state index in [4.69, 9.17) is 24.7 Å². The van der Waals surface area contributed by atoms with Crippen LogP contribution in [0.3, 0.4) is 0 Å². The number of hydrogen-bond donors (Lipinski definition) is 1. The Labute approximate surface area is 118 Å². The molecule has 1 saturated heterocycles. The van der Waals surface area contributed by atoms with Crippen LogP contribution in [0, 0.1) is 0 Å². The van der Waals surface area contributed by atoms with Crippen LogP contribution in [-0.4, -0.2) is 32.7 Å². The molecule has 20 heavy (non-hydrogen) atoms. The van der Waals surface area contributed by atoms with Gasteiger partial charge in [0.05, 0.1) is 6.10 Å². The van der Waals surface area contributed by atoms with Crippen molar-refractivity contribution in [2.45, 2.75) is 31.8 Å². The summed E-state index contributed by atoms with van der Waals surface area (Å²) in [6.07, 6.45) is 4.39. The summed E-state index contributed by atoms with van der Waals surface area (Å²) >= 11 is 0. The summed E-state index contributed by atoms with van der Waals surface area (Å²) in [6, 6.07) is 3.86. The van der Waals surface area contributed by atoms with Crippen molar-refractivity contribution in [3.05, 3.63) is 17.7 Å². The molecule has 0 amide bonds. The van der Waals surface area contributed by atoms with Crippen LogP contribution in [0.2, 0.25) is 0 Å². The fraction of sp³-hybridized carbons (Fsp3) is 0.600. The van der Waals surface area contributed by atoms with Crippen molar-refractivity contribution in [3.8, 4) is 17.2 Å². The van der Waals surface area contributed by atoms with Crippen LogP contribution < -0.4 is 19.9 Å². The number of benzene rings is 1. The highest BCUT2D eigenvalue weighted by molar-refractivity contribution is 5.52. The van der Waals surface area contributed by atoms with Crippen molar-refractivity contribution in [2.24, 2.45) is 5.73 Å². The van der Waals surface area contributed by atoms with Crippen molar-refractivity contribution < 1.29 is 18.9 Å². The van der Waals surface area contributed by atoms with Crippen LogP contribution in [0.4, 0.5) is 0 Å². The van der Waals surface area contributed by atoms with E-state index in [1.807, 2.05) is 12.1 Å². The lowest BCUT2D eigenvalue weighted by molar-refractivity contribution is -0.0112. The molecule has 0 saturated carbocycles. The van der Waals surface area contributed by atoms with Gasteiger partial charge in [-0.05, 0) is 43.9 Å². The first-order chi connectivity index (χ1) is 9.86. The zero-order valence-corrected chi connectivity index (χ0v) is 11.6. The van der Waals surface area contributed by atoms with E-state index in [2.05, 4.69) is 0 Å². The number of fused-ring (bicyclic) bond motifs is 1. The molecular formula is C15H21NO4. The van der Waals surface area contributed by atoms with E-state index in [1.165, 1.54) is 6.42 Å². The lowest BCUT2D eigenvalue weighted by Gasteiger charge is -2.23. The molecule has 1 aromatic carbocycles. The first kappa shape index (κ1) is 13.5. The van der Waals surface area contributed by atoms with E-state index in [0.29, 0.717) is 13.2 Å². The van der Waals surface area contributed by atoms with Crippen molar-refractivity contribution in [1.82, 2.24) is 0 Å². The highest BCUT2D eigenvalue weighted by atomic mass is 16.7. The average Bonchev–Trinajstić information content (AvgIpc) is 2.93. The van der Waals surface area contributed by atoms with E-state index in [-0.39, 0.29) is 12.9 Å². The molecule has 0 spiro atoms. The summed E-state index contributed by atoms with van der Waals surface area (Å²) in [5.74, 6) is 2.34. The van der Waals surface area contributed by atoms with Crippen molar-refractivity contribution in [3.63, 3.8) is 0 Å². The summed E-state index contributed by atoms with van der Waals surface area (Å²) in [4.78, 5) is 0. The molecule has 0 radical (unpaired) electrons. The van der Waals surface area contributed by atoms with Crippen LogP contribution in [0.5, 0.6) is 17.2 Å².